The van der Waals surface area contributed by atoms with Gasteiger partial charge in [0.1, 0.15) is 0 Å². The molecular weight excluding hydrogens is 352 g/mol. The van der Waals surface area contributed by atoms with Crippen LogP contribution in [0.1, 0.15) is 0 Å². The molecule has 1 N–H and O–H groups in total. The van der Waals surface area contributed by atoms with Crippen molar-refractivity contribution in [2.45, 2.75) is 0 Å². The lowest BCUT2D eigenvalue weighted by Crippen LogP contribution is -1.82. The predicted octanol–water partition coefficient (Wildman–Crippen LogP) is 7.10. The van der Waals surface area contributed by atoms with Gasteiger partial charge in [-0.3, -0.25) is 4.09 Å². The second-order valence-electron chi connectivity index (χ2n) is 6.96. The van der Waals surface area contributed by atoms with E-state index in [1.54, 1.807) is 4.09 Å². The molecule has 4 aromatic carbocycles. The van der Waals surface area contributed by atoms with Crippen molar-refractivity contribution in [3.63, 3.8) is 0 Å². The monoisotopic (exact) mass is 366 g/mol. The summed E-state index contributed by atoms with van der Waals surface area (Å²) in [6, 6.07) is 29.8. The second kappa shape index (κ2) is 5.38. The van der Waals surface area contributed by atoms with E-state index < -0.39 is 0 Å². The van der Waals surface area contributed by atoms with Crippen molar-refractivity contribution >= 4 is 55.4 Å². The van der Waals surface area contributed by atoms with Gasteiger partial charge in [0, 0.05) is 44.4 Å². The maximum absolute atomic E-state index is 6.61. The van der Waals surface area contributed by atoms with Crippen LogP contribution in [0.2, 0.25) is 0 Å². The molecule has 0 aliphatic carbocycles. The Bertz CT molecular complexity index is 1490. The van der Waals surface area contributed by atoms with Crippen LogP contribution in [0.4, 0.5) is 0 Å². The van der Waals surface area contributed by atoms with E-state index in [0.717, 1.165) is 22.1 Å². The Morgan fingerprint density at radius 2 is 1.19 bits per heavy atom. The number of para-hydroxylation sites is 2. The van der Waals surface area contributed by atoms with Gasteiger partial charge in [-0.25, -0.2) is 0 Å². The molecule has 2 nitrogen and oxygen atoms in total. The summed E-state index contributed by atoms with van der Waals surface area (Å²) < 4.78 is 1.76. The number of nitrogens with one attached hydrogen (secondary N) is 1. The molecule has 3 heteroatoms. The largest absolute Gasteiger partial charge is 0.354 e. The van der Waals surface area contributed by atoms with Crippen molar-refractivity contribution in [1.29, 1.82) is 0 Å². The molecule has 27 heavy (non-hydrogen) atoms. The third kappa shape index (κ3) is 2.08. The van der Waals surface area contributed by atoms with Crippen LogP contribution >= 0.6 is 11.8 Å². The molecule has 0 fully saturated rings. The number of hydrogen-bond acceptors (Lipinski definition) is 0. The van der Waals surface area contributed by atoms with Crippen molar-refractivity contribution < 1.29 is 0 Å². The van der Waals surface area contributed by atoms with Crippen LogP contribution in [0, 0.1) is 0 Å². The number of nitrogens with zero attached hydrogens (tertiary/aromatic N) is 1. The highest BCUT2D eigenvalue weighted by molar-refractivity contribution is 6.26. The van der Waals surface area contributed by atoms with Gasteiger partial charge in [0.15, 0.2) is 0 Å². The summed E-state index contributed by atoms with van der Waals surface area (Å²) in [6.45, 7) is 0. The third-order valence-corrected chi connectivity index (χ3v) is 5.82. The molecule has 0 spiro atoms. The summed E-state index contributed by atoms with van der Waals surface area (Å²) in [5.74, 6) is 0. The number of benzene rings is 4. The van der Waals surface area contributed by atoms with E-state index >= 15 is 0 Å². The molecule has 0 amide bonds. The number of fused-ring (bicyclic) bond motifs is 6. The van der Waals surface area contributed by atoms with Crippen LogP contribution in [0.15, 0.2) is 84.9 Å². The molecule has 2 aromatic heterocycles. The first-order chi connectivity index (χ1) is 13.3. The number of hydrogen-bond donors (Lipinski definition) is 1. The Morgan fingerprint density at radius 1 is 0.556 bits per heavy atom. The first-order valence-corrected chi connectivity index (χ1v) is 9.34. The molecular formula is C24H15ClN2. The highest BCUT2D eigenvalue weighted by atomic mass is 35.5. The van der Waals surface area contributed by atoms with Crippen LogP contribution < -0.4 is 0 Å². The second-order valence-corrected chi connectivity index (χ2v) is 7.30. The Kier molecular flexibility index (Phi) is 2.97. The summed E-state index contributed by atoms with van der Waals surface area (Å²) in [5, 5.41) is 4.87. The van der Waals surface area contributed by atoms with E-state index in [2.05, 4.69) is 83.8 Å². The Balaban J connectivity index is 1.59. The van der Waals surface area contributed by atoms with Gasteiger partial charge in [0.05, 0.1) is 11.0 Å². The van der Waals surface area contributed by atoms with Crippen LogP contribution in [0.25, 0.3) is 54.7 Å². The zero-order valence-corrected chi connectivity index (χ0v) is 15.2. The van der Waals surface area contributed by atoms with Gasteiger partial charge < -0.3 is 4.98 Å². The Hall–Kier alpha value is -3.23. The summed E-state index contributed by atoms with van der Waals surface area (Å²) in [7, 11) is 0. The van der Waals surface area contributed by atoms with Crippen molar-refractivity contribution in [2.24, 2.45) is 0 Å². The molecule has 0 aliphatic heterocycles. The standard InChI is InChI=1S/C24H15ClN2/c25-27-23-8-4-2-6-19(23)20-12-10-16(14-24(20)27)15-9-11-18-17-5-1-3-7-21(17)26-22(18)13-15/h1-14,26H. The number of aromatic amines is 1. The molecule has 2 heterocycles. The normalized spacial score (nSPS) is 11.9. The summed E-state index contributed by atoms with van der Waals surface area (Å²) in [5.41, 5.74) is 6.73. The van der Waals surface area contributed by atoms with Crippen LogP contribution in [-0.4, -0.2) is 9.07 Å². The smallest absolute Gasteiger partial charge is 0.0667 e. The van der Waals surface area contributed by atoms with Crippen molar-refractivity contribution in [3.8, 4) is 11.1 Å². The Labute approximate surface area is 160 Å². The van der Waals surface area contributed by atoms with E-state index in [1.165, 1.54) is 32.6 Å². The molecule has 6 aromatic rings. The quantitative estimate of drug-likeness (QED) is 0.320. The van der Waals surface area contributed by atoms with Gasteiger partial charge in [-0.1, -0.05) is 60.7 Å². The Morgan fingerprint density at radius 3 is 2.07 bits per heavy atom. The maximum Gasteiger partial charge on any atom is 0.0667 e. The van der Waals surface area contributed by atoms with Crippen LogP contribution in [0.5, 0.6) is 0 Å². The maximum atomic E-state index is 6.61. The lowest BCUT2D eigenvalue weighted by atomic mass is 10.0. The average molecular weight is 367 g/mol. The molecule has 0 saturated heterocycles. The highest BCUT2D eigenvalue weighted by Crippen LogP contribution is 2.34. The van der Waals surface area contributed by atoms with E-state index in [4.69, 9.17) is 11.8 Å². The molecule has 0 aliphatic rings. The molecule has 128 valence electrons. The van der Waals surface area contributed by atoms with Gasteiger partial charge in [-0.15, -0.1) is 0 Å². The first kappa shape index (κ1) is 14.9. The van der Waals surface area contributed by atoms with E-state index in [1.807, 2.05) is 6.07 Å². The summed E-state index contributed by atoms with van der Waals surface area (Å²) in [4.78, 5) is 3.53. The van der Waals surface area contributed by atoms with Crippen molar-refractivity contribution in [2.75, 3.05) is 0 Å². The third-order valence-electron chi connectivity index (χ3n) is 5.45. The van der Waals surface area contributed by atoms with Crippen molar-refractivity contribution in [3.05, 3.63) is 84.9 Å². The topological polar surface area (TPSA) is 20.7 Å². The zero-order valence-electron chi connectivity index (χ0n) is 14.4. The van der Waals surface area contributed by atoms with Gasteiger partial charge in [-0.2, -0.15) is 0 Å². The fraction of sp³-hybridized carbons (Fsp3) is 0. The molecule has 0 saturated carbocycles. The SMILES string of the molecule is Cln1c2ccccc2c2ccc(-c3ccc4c(c3)[nH]c3ccccc34)cc21. The minimum absolute atomic E-state index is 1.03. The number of aromatic nitrogens is 2. The molecule has 0 bridgehead atoms. The van der Waals surface area contributed by atoms with E-state index in [0.29, 0.717) is 0 Å². The van der Waals surface area contributed by atoms with Crippen LogP contribution in [-0.2, 0) is 0 Å². The predicted molar refractivity (Wildman–Crippen MR) is 115 cm³/mol. The molecule has 0 radical (unpaired) electrons. The fourth-order valence-electron chi connectivity index (χ4n) is 4.14. The highest BCUT2D eigenvalue weighted by Gasteiger charge is 2.11. The first-order valence-electron chi connectivity index (χ1n) is 9.00. The summed E-state index contributed by atoms with van der Waals surface area (Å²) >= 11 is 6.61. The molecule has 0 atom stereocenters. The number of H-pyrrole nitrogens is 1. The van der Waals surface area contributed by atoms with E-state index in [9.17, 15) is 0 Å². The van der Waals surface area contributed by atoms with Gasteiger partial charge in [0.25, 0.3) is 0 Å². The summed E-state index contributed by atoms with van der Waals surface area (Å²) in [6.07, 6.45) is 0. The fourth-order valence-corrected chi connectivity index (χ4v) is 4.43. The van der Waals surface area contributed by atoms with Crippen molar-refractivity contribution in [1.82, 2.24) is 9.07 Å². The minimum Gasteiger partial charge on any atom is -0.354 e. The average Bonchev–Trinajstić information content (AvgIpc) is 3.23. The van der Waals surface area contributed by atoms with Gasteiger partial charge in [-0.05, 0) is 35.4 Å². The number of halogens is 1. The lowest BCUT2D eigenvalue weighted by molar-refractivity contribution is 1.40. The number of rotatable bonds is 1. The van der Waals surface area contributed by atoms with Gasteiger partial charge in [0.2, 0.25) is 0 Å². The zero-order chi connectivity index (χ0) is 18.0. The minimum atomic E-state index is 1.03. The molecule has 6 rings (SSSR count). The van der Waals surface area contributed by atoms with Gasteiger partial charge >= 0.3 is 0 Å². The van der Waals surface area contributed by atoms with E-state index in [-0.39, 0.29) is 0 Å². The molecule has 0 unspecified atom stereocenters. The lowest BCUT2D eigenvalue weighted by Gasteiger charge is -2.04. The van der Waals surface area contributed by atoms with Crippen LogP contribution in [0.3, 0.4) is 0 Å².